The third kappa shape index (κ3) is 6.92. The van der Waals surface area contributed by atoms with Crippen molar-refractivity contribution in [3.05, 3.63) is 58.6 Å². The molecule has 2 amide bonds. The second-order valence-electron chi connectivity index (χ2n) is 11.3. The molecule has 2 aliphatic heterocycles. The van der Waals surface area contributed by atoms with Crippen molar-refractivity contribution < 1.29 is 32.6 Å². The summed E-state index contributed by atoms with van der Waals surface area (Å²) in [5, 5.41) is 11.2. The summed E-state index contributed by atoms with van der Waals surface area (Å²) >= 11 is 6.21. The summed E-state index contributed by atoms with van der Waals surface area (Å²) in [5.74, 6) is -0.999. The molecule has 0 unspecified atom stereocenters. The van der Waals surface area contributed by atoms with Crippen molar-refractivity contribution >= 4 is 29.1 Å². The van der Waals surface area contributed by atoms with Crippen molar-refractivity contribution in [3.8, 4) is 5.75 Å². The fraction of sp³-hybridized carbons (Fsp3) is 0.533. The number of amides is 2. The second kappa shape index (κ2) is 12.5. The molecule has 0 aliphatic carbocycles. The maximum Gasteiger partial charge on any atom is 0.430 e. The molecule has 3 N–H and O–H groups in total. The largest absolute Gasteiger partial charge is 0.491 e. The number of primary amides is 1. The summed E-state index contributed by atoms with van der Waals surface area (Å²) in [7, 11) is 0. The third-order valence-electron chi connectivity index (χ3n) is 8.11. The highest BCUT2D eigenvalue weighted by molar-refractivity contribution is 6.34. The van der Waals surface area contributed by atoms with Gasteiger partial charge in [-0.15, -0.1) is 0 Å². The summed E-state index contributed by atoms with van der Waals surface area (Å²) < 4.78 is 48.2. The average Bonchev–Trinajstić information content (AvgIpc) is 2.92. The highest BCUT2D eigenvalue weighted by atomic mass is 35.5. The minimum Gasteiger partial charge on any atom is -0.491 e. The molecule has 7 nitrogen and oxygen atoms in total. The molecule has 0 radical (unpaired) electrons. The van der Waals surface area contributed by atoms with Gasteiger partial charge in [-0.25, -0.2) is 0 Å². The highest BCUT2D eigenvalue weighted by Crippen LogP contribution is 2.42. The summed E-state index contributed by atoms with van der Waals surface area (Å²) in [6, 6.07) is 10.3. The van der Waals surface area contributed by atoms with Crippen LogP contribution in [0, 0.1) is 11.8 Å². The Labute approximate surface area is 243 Å². The SMILES string of the molecule is CC(C)Oc1cccc([C@@](O)(C(=O)N2CCC(CC3CCN(c4ccc(C(N)=O)c(Cl)c4)CC3)CC2)C(F)(F)F)c1. The number of likely N-dealkylation sites (tertiary alicyclic amines) is 1. The molecular weight excluding hydrogens is 559 g/mol. The zero-order chi connectivity index (χ0) is 29.9. The van der Waals surface area contributed by atoms with Crippen molar-refractivity contribution in [1.82, 2.24) is 4.90 Å². The van der Waals surface area contributed by atoms with Crippen LogP contribution in [-0.4, -0.2) is 60.3 Å². The molecule has 2 saturated heterocycles. The van der Waals surface area contributed by atoms with E-state index in [0.717, 1.165) is 55.1 Å². The number of piperidine rings is 2. The summed E-state index contributed by atoms with van der Waals surface area (Å²) in [6.45, 7) is 5.45. The number of carbonyl (C=O) groups is 2. The van der Waals surface area contributed by atoms with E-state index in [1.54, 1.807) is 26.0 Å². The van der Waals surface area contributed by atoms with E-state index < -0.39 is 29.2 Å². The molecule has 2 heterocycles. The lowest BCUT2D eigenvalue weighted by molar-refractivity contribution is -0.262. The molecule has 11 heteroatoms. The Morgan fingerprint density at radius 3 is 2.17 bits per heavy atom. The Kier molecular flexibility index (Phi) is 9.43. The molecule has 1 atom stereocenters. The Morgan fingerprint density at radius 2 is 1.63 bits per heavy atom. The first-order chi connectivity index (χ1) is 19.3. The van der Waals surface area contributed by atoms with Crippen molar-refractivity contribution in [2.24, 2.45) is 17.6 Å². The van der Waals surface area contributed by atoms with Crippen molar-refractivity contribution in [2.45, 2.75) is 63.8 Å². The molecule has 4 rings (SSSR count). The molecule has 0 spiro atoms. The lowest BCUT2D eigenvalue weighted by Crippen LogP contribution is -2.57. The number of alkyl halides is 3. The molecule has 0 bridgehead atoms. The summed E-state index contributed by atoms with van der Waals surface area (Å²) in [5.41, 5.74) is 2.36. The zero-order valence-corrected chi connectivity index (χ0v) is 24.0. The van der Waals surface area contributed by atoms with E-state index in [-0.39, 0.29) is 30.5 Å². The quantitative estimate of drug-likeness (QED) is 0.419. The van der Waals surface area contributed by atoms with Crippen molar-refractivity contribution in [3.63, 3.8) is 0 Å². The average molecular weight is 596 g/mol. The fourth-order valence-corrected chi connectivity index (χ4v) is 6.14. The van der Waals surface area contributed by atoms with Gasteiger partial charge in [-0.1, -0.05) is 23.7 Å². The first kappa shape index (κ1) is 31.0. The second-order valence-corrected chi connectivity index (χ2v) is 11.7. The molecular formula is C30H37ClF3N3O4. The lowest BCUT2D eigenvalue weighted by atomic mass is 9.82. The molecule has 0 saturated carbocycles. The van der Waals surface area contributed by atoms with Gasteiger partial charge in [-0.2, -0.15) is 13.2 Å². The van der Waals surface area contributed by atoms with E-state index in [9.17, 15) is 27.9 Å². The number of hydrogen-bond acceptors (Lipinski definition) is 5. The van der Waals surface area contributed by atoms with E-state index in [0.29, 0.717) is 29.7 Å². The number of nitrogens with two attached hydrogens (primary N) is 1. The highest BCUT2D eigenvalue weighted by Gasteiger charge is 2.62. The smallest absolute Gasteiger partial charge is 0.430 e. The Hall–Kier alpha value is -2.98. The minimum atomic E-state index is -5.20. The van der Waals surface area contributed by atoms with Gasteiger partial charge in [0, 0.05) is 37.4 Å². The van der Waals surface area contributed by atoms with Crippen LogP contribution in [0.4, 0.5) is 18.9 Å². The van der Waals surface area contributed by atoms with Crippen LogP contribution in [0.3, 0.4) is 0 Å². The number of benzene rings is 2. The first-order valence-electron chi connectivity index (χ1n) is 14.0. The lowest BCUT2D eigenvalue weighted by Gasteiger charge is -2.40. The number of carbonyl (C=O) groups excluding carboxylic acids is 2. The molecule has 2 aliphatic rings. The van der Waals surface area contributed by atoms with Gasteiger partial charge in [0.15, 0.2) is 0 Å². The van der Waals surface area contributed by atoms with Gasteiger partial charge < -0.3 is 25.4 Å². The van der Waals surface area contributed by atoms with Crippen LogP contribution < -0.4 is 15.4 Å². The summed E-state index contributed by atoms with van der Waals surface area (Å²) in [4.78, 5) is 28.0. The Bertz CT molecular complexity index is 1240. The topological polar surface area (TPSA) is 96.1 Å². The molecule has 0 aromatic heterocycles. The normalized spacial score (nSPS) is 18.8. The maximum atomic E-state index is 14.2. The van der Waals surface area contributed by atoms with Crippen LogP contribution in [0.1, 0.15) is 61.9 Å². The van der Waals surface area contributed by atoms with Gasteiger partial charge in [0.2, 0.25) is 5.91 Å². The van der Waals surface area contributed by atoms with Gasteiger partial charge in [0.1, 0.15) is 5.75 Å². The molecule has 224 valence electrons. The fourth-order valence-electron chi connectivity index (χ4n) is 5.87. The number of hydrogen-bond donors (Lipinski definition) is 2. The molecule has 41 heavy (non-hydrogen) atoms. The Balaban J connectivity index is 1.33. The number of aliphatic hydroxyl groups is 1. The van der Waals surface area contributed by atoms with Crippen LogP contribution >= 0.6 is 11.6 Å². The van der Waals surface area contributed by atoms with Gasteiger partial charge in [0.05, 0.1) is 16.7 Å². The molecule has 2 aromatic carbocycles. The van der Waals surface area contributed by atoms with E-state index in [1.165, 1.54) is 12.1 Å². The summed E-state index contributed by atoms with van der Waals surface area (Å²) in [6.07, 6.45) is -1.46. The number of ether oxygens (including phenoxy) is 1. The zero-order valence-electron chi connectivity index (χ0n) is 23.3. The third-order valence-corrected chi connectivity index (χ3v) is 8.42. The van der Waals surface area contributed by atoms with Crippen LogP contribution in [-0.2, 0) is 10.4 Å². The van der Waals surface area contributed by atoms with Gasteiger partial charge in [0.25, 0.3) is 11.5 Å². The van der Waals surface area contributed by atoms with E-state index >= 15 is 0 Å². The van der Waals surface area contributed by atoms with E-state index in [4.69, 9.17) is 22.1 Å². The van der Waals surface area contributed by atoms with E-state index in [2.05, 4.69) is 4.90 Å². The van der Waals surface area contributed by atoms with Crippen LogP contribution in [0.5, 0.6) is 5.75 Å². The number of anilines is 1. The van der Waals surface area contributed by atoms with Crippen LogP contribution in [0.15, 0.2) is 42.5 Å². The van der Waals surface area contributed by atoms with Gasteiger partial charge in [-0.05, 0) is 88.1 Å². The predicted molar refractivity (Wildman–Crippen MR) is 151 cm³/mol. The maximum absolute atomic E-state index is 14.2. The minimum absolute atomic E-state index is 0.156. The van der Waals surface area contributed by atoms with Crippen LogP contribution in [0.2, 0.25) is 5.02 Å². The number of halogens is 4. The van der Waals surface area contributed by atoms with E-state index in [1.807, 2.05) is 6.07 Å². The van der Waals surface area contributed by atoms with Crippen molar-refractivity contribution in [1.29, 1.82) is 0 Å². The van der Waals surface area contributed by atoms with Crippen LogP contribution in [0.25, 0.3) is 0 Å². The standard InChI is InChI=1S/C30H37ClF3N3O4/c1-19(2)41-24-5-3-4-22(17-24)29(40,30(32,33)34)28(39)37-14-10-21(11-15-37)16-20-8-12-36(13-9-20)23-6-7-25(27(35)38)26(31)18-23/h3-7,17-21,40H,8-16H2,1-2H3,(H2,35,38)/t29-/m1/s1. The number of rotatable bonds is 8. The van der Waals surface area contributed by atoms with Crippen molar-refractivity contribution in [2.75, 3.05) is 31.1 Å². The molecule has 2 aromatic rings. The predicted octanol–water partition coefficient (Wildman–Crippen LogP) is 5.52. The number of nitrogens with zero attached hydrogens (tertiary/aromatic N) is 2. The Morgan fingerprint density at radius 1 is 1.02 bits per heavy atom. The van der Waals surface area contributed by atoms with Gasteiger partial charge >= 0.3 is 6.18 Å². The van der Waals surface area contributed by atoms with Gasteiger partial charge in [-0.3, -0.25) is 9.59 Å². The monoisotopic (exact) mass is 595 g/mol. The first-order valence-corrected chi connectivity index (χ1v) is 14.4. The molecule has 2 fully saturated rings.